The Hall–Kier alpha value is -3.10. The van der Waals surface area contributed by atoms with Gasteiger partial charge in [-0.1, -0.05) is 50.6 Å². The fourth-order valence-electron chi connectivity index (χ4n) is 3.21. The largest absolute Gasteiger partial charge is 0.494 e. The van der Waals surface area contributed by atoms with Crippen molar-refractivity contribution in [3.05, 3.63) is 54.1 Å². The summed E-state index contributed by atoms with van der Waals surface area (Å²) in [7, 11) is 0. The highest BCUT2D eigenvalue weighted by atomic mass is 35.5. The lowest BCUT2D eigenvalue weighted by atomic mass is 9.93. The molecule has 7 nitrogen and oxygen atoms in total. The molecular formula is C26H29ClN6OS. The zero-order valence-corrected chi connectivity index (χ0v) is 22.0. The predicted octanol–water partition coefficient (Wildman–Crippen LogP) is 7.01. The van der Waals surface area contributed by atoms with Gasteiger partial charge in [-0.2, -0.15) is 0 Å². The smallest absolute Gasteiger partial charge is 0.183 e. The van der Waals surface area contributed by atoms with Gasteiger partial charge in [0.25, 0.3) is 0 Å². The van der Waals surface area contributed by atoms with Crippen LogP contribution in [0.2, 0.25) is 5.02 Å². The Kier molecular flexibility index (Phi) is 7.93. The molecule has 4 aromatic rings. The molecule has 9 heteroatoms. The summed E-state index contributed by atoms with van der Waals surface area (Å²) in [6.45, 7) is 10.2. The summed E-state index contributed by atoms with van der Waals surface area (Å²) in [6, 6.07) is 7.58. The lowest BCUT2D eigenvalue weighted by Crippen LogP contribution is -2.11. The van der Waals surface area contributed by atoms with Crippen LogP contribution in [0.25, 0.3) is 33.3 Å². The molecule has 0 atom stereocenters. The van der Waals surface area contributed by atoms with Gasteiger partial charge in [-0.05, 0) is 42.5 Å². The molecule has 0 fully saturated rings. The molecule has 3 heterocycles. The molecule has 0 aliphatic carbocycles. The molecule has 3 aromatic heterocycles. The van der Waals surface area contributed by atoms with E-state index in [9.17, 15) is 0 Å². The van der Waals surface area contributed by atoms with E-state index in [-0.39, 0.29) is 5.41 Å². The Morgan fingerprint density at radius 3 is 2.57 bits per heavy atom. The molecule has 0 bridgehead atoms. The molecule has 0 aliphatic heterocycles. The van der Waals surface area contributed by atoms with Gasteiger partial charge in [0.05, 0.1) is 34.1 Å². The number of anilines is 1. The minimum absolute atomic E-state index is 0.196. The summed E-state index contributed by atoms with van der Waals surface area (Å²) in [5.74, 6) is 1.22. The lowest BCUT2D eigenvalue weighted by Gasteiger charge is -2.18. The van der Waals surface area contributed by atoms with E-state index in [1.165, 1.54) is 0 Å². The van der Waals surface area contributed by atoms with Gasteiger partial charge >= 0.3 is 0 Å². The Morgan fingerprint density at radius 2 is 1.83 bits per heavy atom. The maximum atomic E-state index is 6.63. The standard InChI is InChI=1S/C26H29ClN6OS/c1-5-9-30-25-31-16-23(35-25)21-14-20(32-24(33-21)22-15-28-10-11-29-22)18-13-17(6-7-19(18)27)34-12-8-26(2,3)4/h6-7,10-11,13-16H,5,8-9,12H2,1-4H3,(H,30,31). The van der Waals surface area contributed by atoms with E-state index in [0.717, 1.165) is 46.4 Å². The van der Waals surface area contributed by atoms with E-state index in [1.54, 1.807) is 29.9 Å². The highest BCUT2D eigenvalue weighted by Crippen LogP contribution is 2.35. The van der Waals surface area contributed by atoms with E-state index < -0.39 is 0 Å². The Morgan fingerprint density at radius 1 is 1.00 bits per heavy atom. The normalized spacial score (nSPS) is 11.5. The second kappa shape index (κ2) is 11.1. The molecule has 182 valence electrons. The predicted molar refractivity (Wildman–Crippen MR) is 143 cm³/mol. The number of benzene rings is 1. The number of nitrogens with zero attached hydrogens (tertiary/aromatic N) is 5. The van der Waals surface area contributed by atoms with Crippen LogP contribution in [0.15, 0.2) is 49.1 Å². The second-order valence-electron chi connectivity index (χ2n) is 9.31. The van der Waals surface area contributed by atoms with Gasteiger partial charge in [-0.25, -0.2) is 19.9 Å². The number of ether oxygens (including phenoxy) is 1. The van der Waals surface area contributed by atoms with Gasteiger partial charge in [-0.3, -0.25) is 4.98 Å². The summed E-state index contributed by atoms with van der Waals surface area (Å²) < 4.78 is 6.03. The average Bonchev–Trinajstić information content (AvgIpc) is 3.32. The van der Waals surface area contributed by atoms with Crippen LogP contribution < -0.4 is 10.1 Å². The first-order chi connectivity index (χ1) is 16.8. The number of nitrogens with one attached hydrogen (secondary N) is 1. The van der Waals surface area contributed by atoms with Crippen LogP contribution in [-0.4, -0.2) is 38.1 Å². The molecule has 0 amide bonds. The van der Waals surface area contributed by atoms with Crippen LogP contribution in [0.3, 0.4) is 0 Å². The minimum atomic E-state index is 0.196. The first-order valence-corrected chi connectivity index (χ1v) is 12.8. The number of hydrogen-bond donors (Lipinski definition) is 1. The van der Waals surface area contributed by atoms with Gasteiger partial charge in [0.1, 0.15) is 11.4 Å². The molecule has 1 aromatic carbocycles. The first-order valence-electron chi connectivity index (χ1n) is 11.6. The molecule has 0 spiro atoms. The second-order valence-corrected chi connectivity index (χ2v) is 10.7. The maximum absolute atomic E-state index is 6.63. The number of hydrogen-bond acceptors (Lipinski definition) is 8. The summed E-state index contributed by atoms with van der Waals surface area (Å²) >= 11 is 8.18. The van der Waals surface area contributed by atoms with Crippen LogP contribution in [0.1, 0.15) is 40.5 Å². The SMILES string of the molecule is CCCNc1ncc(-c2cc(-c3cc(OCCC(C)(C)C)ccc3Cl)nc(-c3cnccn3)n2)s1. The van der Waals surface area contributed by atoms with Gasteiger partial charge in [0.2, 0.25) is 0 Å². The van der Waals surface area contributed by atoms with E-state index in [1.807, 2.05) is 30.5 Å². The van der Waals surface area contributed by atoms with Crippen molar-refractivity contribution in [1.82, 2.24) is 24.9 Å². The topological polar surface area (TPSA) is 85.7 Å². The monoisotopic (exact) mass is 508 g/mol. The van der Waals surface area contributed by atoms with Crippen LogP contribution in [0.5, 0.6) is 5.75 Å². The molecule has 0 unspecified atom stereocenters. The fourth-order valence-corrected chi connectivity index (χ4v) is 4.23. The molecule has 35 heavy (non-hydrogen) atoms. The fraction of sp³-hybridized carbons (Fsp3) is 0.346. The molecule has 0 saturated heterocycles. The zero-order chi connectivity index (χ0) is 24.8. The van der Waals surface area contributed by atoms with Crippen molar-refractivity contribution >= 4 is 28.1 Å². The lowest BCUT2D eigenvalue weighted by molar-refractivity contribution is 0.243. The highest BCUT2D eigenvalue weighted by molar-refractivity contribution is 7.18. The van der Waals surface area contributed by atoms with E-state index in [0.29, 0.717) is 28.8 Å². The van der Waals surface area contributed by atoms with Crippen LogP contribution in [0.4, 0.5) is 5.13 Å². The zero-order valence-electron chi connectivity index (χ0n) is 20.4. The third-order valence-electron chi connectivity index (χ3n) is 5.14. The van der Waals surface area contributed by atoms with E-state index in [2.05, 4.69) is 48.0 Å². The summed E-state index contributed by atoms with van der Waals surface area (Å²) in [4.78, 5) is 23.6. The Balaban J connectivity index is 1.73. The maximum Gasteiger partial charge on any atom is 0.183 e. The summed E-state index contributed by atoms with van der Waals surface area (Å²) in [6.07, 6.45) is 8.69. The van der Waals surface area contributed by atoms with Crippen molar-refractivity contribution in [2.24, 2.45) is 5.41 Å². The third kappa shape index (κ3) is 6.74. The molecular weight excluding hydrogens is 480 g/mol. The molecule has 1 N–H and O–H groups in total. The molecule has 4 rings (SSSR count). The van der Waals surface area contributed by atoms with Crippen LogP contribution >= 0.6 is 22.9 Å². The van der Waals surface area contributed by atoms with Crippen molar-refractivity contribution in [2.75, 3.05) is 18.5 Å². The minimum Gasteiger partial charge on any atom is -0.494 e. The molecule has 0 radical (unpaired) electrons. The van der Waals surface area contributed by atoms with Gasteiger partial charge < -0.3 is 10.1 Å². The van der Waals surface area contributed by atoms with Gasteiger partial charge in [-0.15, -0.1) is 0 Å². The van der Waals surface area contributed by atoms with Crippen molar-refractivity contribution in [2.45, 2.75) is 40.5 Å². The first kappa shape index (κ1) is 25.0. The summed E-state index contributed by atoms with van der Waals surface area (Å²) in [5.41, 5.74) is 2.97. The van der Waals surface area contributed by atoms with Gasteiger partial charge in [0, 0.05) is 30.7 Å². The molecule has 0 saturated carbocycles. The third-order valence-corrected chi connectivity index (χ3v) is 6.44. The number of rotatable bonds is 9. The number of halogens is 1. The van der Waals surface area contributed by atoms with Crippen molar-refractivity contribution in [3.63, 3.8) is 0 Å². The summed E-state index contributed by atoms with van der Waals surface area (Å²) in [5, 5.41) is 4.77. The number of aromatic nitrogens is 5. The van der Waals surface area contributed by atoms with Crippen molar-refractivity contribution < 1.29 is 4.74 Å². The Labute approximate surface area is 215 Å². The van der Waals surface area contributed by atoms with E-state index >= 15 is 0 Å². The van der Waals surface area contributed by atoms with Crippen molar-refractivity contribution in [3.8, 4) is 39.1 Å². The number of thiazole rings is 1. The quantitative estimate of drug-likeness (QED) is 0.260. The Bertz CT molecular complexity index is 1270. The van der Waals surface area contributed by atoms with Crippen molar-refractivity contribution in [1.29, 1.82) is 0 Å². The van der Waals surface area contributed by atoms with Crippen LogP contribution in [0, 0.1) is 5.41 Å². The molecule has 0 aliphatic rings. The average molecular weight is 509 g/mol. The van der Waals surface area contributed by atoms with E-state index in [4.69, 9.17) is 26.3 Å². The van der Waals surface area contributed by atoms with Gasteiger partial charge in [0.15, 0.2) is 11.0 Å². The van der Waals surface area contributed by atoms with Crippen LogP contribution in [-0.2, 0) is 0 Å². The highest BCUT2D eigenvalue weighted by Gasteiger charge is 2.16.